The molecule has 2 rings (SSSR count). The van der Waals surface area contributed by atoms with Gasteiger partial charge in [0.15, 0.2) is 0 Å². The van der Waals surface area contributed by atoms with Crippen LogP contribution in [0.25, 0.3) is 0 Å². The maximum atomic E-state index is 13.5. The summed E-state index contributed by atoms with van der Waals surface area (Å²) in [5, 5.41) is 0. The second-order valence-corrected chi connectivity index (χ2v) is 8.66. The first-order valence-electron chi connectivity index (χ1n) is 8.89. The Morgan fingerprint density at radius 3 is 2.00 bits per heavy atom. The van der Waals surface area contributed by atoms with Crippen molar-refractivity contribution < 1.29 is 26.3 Å². The predicted molar refractivity (Wildman–Crippen MR) is 104 cm³/mol. The van der Waals surface area contributed by atoms with Crippen molar-refractivity contribution in [2.24, 2.45) is 5.41 Å². The average Bonchev–Trinajstić information content (AvgIpc) is 2.57. The van der Waals surface area contributed by atoms with E-state index in [9.17, 15) is 26.3 Å². The zero-order chi connectivity index (χ0) is 22.0. The minimum Gasteiger partial charge on any atom is -0.260 e. The van der Waals surface area contributed by atoms with Crippen molar-refractivity contribution in [3.05, 3.63) is 65.0 Å². The van der Waals surface area contributed by atoms with Gasteiger partial charge < -0.3 is 0 Å². The van der Waals surface area contributed by atoms with E-state index in [1.54, 1.807) is 0 Å². The predicted octanol–water partition coefficient (Wildman–Crippen LogP) is 7.45. The van der Waals surface area contributed by atoms with Crippen LogP contribution < -0.4 is 0 Å². The van der Waals surface area contributed by atoms with Crippen LogP contribution in [0.3, 0.4) is 0 Å². The fourth-order valence-electron chi connectivity index (χ4n) is 3.10. The van der Waals surface area contributed by atoms with Gasteiger partial charge in [0.05, 0.1) is 16.8 Å². The van der Waals surface area contributed by atoms with Gasteiger partial charge in [0, 0.05) is 12.1 Å². The number of benzene rings is 1. The van der Waals surface area contributed by atoms with Crippen molar-refractivity contribution in [2.75, 3.05) is 0 Å². The third-order valence-corrected chi connectivity index (χ3v) is 4.58. The van der Waals surface area contributed by atoms with E-state index in [1.165, 1.54) is 24.4 Å². The van der Waals surface area contributed by atoms with Gasteiger partial charge in [0.2, 0.25) is 0 Å². The molecule has 0 saturated heterocycles. The topological polar surface area (TPSA) is 12.9 Å². The minimum absolute atomic E-state index is 0.0814. The SMILES string of the molecule is CC(C)(C)CC(=S)C[C@@H](c1ccc(C(F)(F)F)cc1)c1ncccc1C(F)(F)F. The molecule has 1 aromatic carbocycles. The van der Waals surface area contributed by atoms with E-state index in [1.807, 2.05) is 20.8 Å². The van der Waals surface area contributed by atoms with Gasteiger partial charge in [-0.1, -0.05) is 45.1 Å². The van der Waals surface area contributed by atoms with Crippen LogP contribution in [0.5, 0.6) is 0 Å². The summed E-state index contributed by atoms with van der Waals surface area (Å²) in [7, 11) is 0. The van der Waals surface area contributed by atoms with E-state index in [0.29, 0.717) is 16.8 Å². The number of pyridine rings is 1. The minimum atomic E-state index is -4.64. The number of hydrogen-bond acceptors (Lipinski definition) is 2. The number of halogens is 6. The molecule has 1 atom stereocenters. The zero-order valence-electron chi connectivity index (χ0n) is 16.2. The Kier molecular flexibility index (Phi) is 6.77. The average molecular weight is 433 g/mol. The molecule has 0 aliphatic carbocycles. The molecule has 0 unspecified atom stereocenters. The number of thiocarbonyl (C=S) groups is 1. The highest BCUT2D eigenvalue weighted by molar-refractivity contribution is 7.80. The van der Waals surface area contributed by atoms with E-state index in [-0.39, 0.29) is 17.5 Å². The molecule has 29 heavy (non-hydrogen) atoms. The largest absolute Gasteiger partial charge is 0.418 e. The number of rotatable bonds is 5. The maximum absolute atomic E-state index is 13.5. The molecule has 0 aliphatic heterocycles. The monoisotopic (exact) mass is 433 g/mol. The summed E-state index contributed by atoms with van der Waals surface area (Å²) in [6.07, 6.45) is -7.35. The number of nitrogens with zero attached hydrogens (tertiary/aromatic N) is 1. The van der Waals surface area contributed by atoms with Crippen molar-refractivity contribution >= 4 is 17.1 Å². The molecule has 0 radical (unpaired) electrons. The Bertz CT molecular complexity index is 847. The van der Waals surface area contributed by atoms with Gasteiger partial charge in [-0.2, -0.15) is 26.3 Å². The summed E-state index contributed by atoms with van der Waals surface area (Å²) in [6, 6.07) is 6.23. The van der Waals surface area contributed by atoms with Crippen LogP contribution in [0.1, 0.15) is 61.9 Å². The molecule has 0 aliphatic rings. The van der Waals surface area contributed by atoms with E-state index in [4.69, 9.17) is 12.2 Å². The molecule has 1 heterocycles. The highest BCUT2D eigenvalue weighted by Gasteiger charge is 2.37. The molecule has 0 N–H and O–H groups in total. The lowest BCUT2D eigenvalue weighted by atomic mass is 9.83. The lowest BCUT2D eigenvalue weighted by Crippen LogP contribution is -2.19. The van der Waals surface area contributed by atoms with Crippen molar-refractivity contribution in [1.82, 2.24) is 4.98 Å². The van der Waals surface area contributed by atoms with Crippen molar-refractivity contribution in [2.45, 2.75) is 51.9 Å². The molecular formula is C21H21F6NS. The molecule has 1 nitrogen and oxygen atoms in total. The van der Waals surface area contributed by atoms with Gasteiger partial charge in [-0.05, 0) is 53.0 Å². The van der Waals surface area contributed by atoms with Crippen LogP contribution in [0, 0.1) is 5.41 Å². The second kappa shape index (κ2) is 8.42. The van der Waals surface area contributed by atoms with Crippen molar-refractivity contribution in [3.8, 4) is 0 Å². The van der Waals surface area contributed by atoms with Gasteiger partial charge in [0.25, 0.3) is 0 Å². The first-order valence-corrected chi connectivity index (χ1v) is 9.30. The fourth-order valence-corrected chi connectivity index (χ4v) is 3.70. The summed E-state index contributed by atoms with van der Waals surface area (Å²) in [5.41, 5.74) is -1.88. The quantitative estimate of drug-likeness (QED) is 0.359. The second-order valence-electron chi connectivity index (χ2n) is 8.09. The molecule has 8 heteroatoms. The van der Waals surface area contributed by atoms with Crippen LogP contribution in [0.15, 0.2) is 42.6 Å². The molecule has 0 fully saturated rings. The Morgan fingerprint density at radius 1 is 0.931 bits per heavy atom. The normalized spacial score (nSPS) is 14.0. The number of hydrogen-bond donors (Lipinski definition) is 0. The molecule has 158 valence electrons. The highest BCUT2D eigenvalue weighted by atomic mass is 32.1. The van der Waals surface area contributed by atoms with Gasteiger partial charge in [-0.3, -0.25) is 4.98 Å². The molecule has 0 bridgehead atoms. The first kappa shape index (κ1) is 23.3. The van der Waals surface area contributed by atoms with Crippen LogP contribution >= 0.6 is 12.2 Å². The molecule has 1 aromatic heterocycles. The Morgan fingerprint density at radius 2 is 1.52 bits per heavy atom. The molecular weight excluding hydrogens is 412 g/mol. The Balaban J connectivity index is 2.52. The maximum Gasteiger partial charge on any atom is 0.418 e. The van der Waals surface area contributed by atoms with Gasteiger partial charge in [0.1, 0.15) is 0 Å². The van der Waals surface area contributed by atoms with Crippen LogP contribution in [0.4, 0.5) is 26.3 Å². The molecule has 0 spiro atoms. The van der Waals surface area contributed by atoms with Gasteiger partial charge in [-0.25, -0.2) is 0 Å². The first-order chi connectivity index (χ1) is 13.2. The summed E-state index contributed by atoms with van der Waals surface area (Å²) in [6.45, 7) is 5.86. The number of alkyl halides is 6. The lowest BCUT2D eigenvalue weighted by Gasteiger charge is -2.24. The van der Waals surface area contributed by atoms with Crippen LogP contribution in [-0.2, 0) is 12.4 Å². The third-order valence-electron chi connectivity index (χ3n) is 4.27. The summed E-state index contributed by atoms with van der Waals surface area (Å²) in [4.78, 5) is 4.48. The summed E-state index contributed by atoms with van der Waals surface area (Å²) in [5.74, 6) is -0.898. The molecule has 0 amide bonds. The zero-order valence-corrected chi connectivity index (χ0v) is 17.0. The molecule has 2 aromatic rings. The van der Waals surface area contributed by atoms with Gasteiger partial charge in [-0.15, -0.1) is 0 Å². The van der Waals surface area contributed by atoms with Gasteiger partial charge >= 0.3 is 12.4 Å². The van der Waals surface area contributed by atoms with Crippen molar-refractivity contribution in [1.29, 1.82) is 0 Å². The van der Waals surface area contributed by atoms with Crippen LogP contribution in [0.2, 0.25) is 0 Å². The van der Waals surface area contributed by atoms with E-state index < -0.39 is 29.4 Å². The standard InChI is InChI=1S/C21H21F6NS/c1-19(2,3)12-15(29)11-16(13-6-8-14(9-7-13)20(22,23)24)18-17(21(25,26)27)5-4-10-28-18/h4-10,16H,11-12H2,1-3H3/t16-/m0/s1. The van der Waals surface area contributed by atoms with E-state index in [0.717, 1.165) is 18.2 Å². The number of aromatic nitrogens is 1. The lowest BCUT2D eigenvalue weighted by molar-refractivity contribution is -0.139. The highest BCUT2D eigenvalue weighted by Crippen LogP contribution is 2.39. The van der Waals surface area contributed by atoms with E-state index >= 15 is 0 Å². The fraction of sp³-hybridized carbons (Fsp3) is 0.429. The Labute approximate surface area is 171 Å². The summed E-state index contributed by atoms with van der Waals surface area (Å²) >= 11 is 5.41. The Hall–Kier alpha value is -1.96. The summed E-state index contributed by atoms with van der Waals surface area (Å²) < 4.78 is 79.2. The smallest absolute Gasteiger partial charge is 0.260 e. The van der Waals surface area contributed by atoms with E-state index in [2.05, 4.69) is 4.98 Å². The third kappa shape index (κ3) is 6.52. The van der Waals surface area contributed by atoms with Crippen molar-refractivity contribution in [3.63, 3.8) is 0 Å². The molecule has 0 saturated carbocycles. The van der Waals surface area contributed by atoms with Crippen LogP contribution in [-0.4, -0.2) is 9.85 Å².